The molecule has 0 saturated carbocycles. The minimum Gasteiger partial charge on any atom is -0.454 e. The monoisotopic (exact) mass is 449 g/mol. The molecule has 172 valence electrons. The first-order valence-corrected chi connectivity index (χ1v) is 11.0. The first-order valence-electron chi connectivity index (χ1n) is 11.0. The lowest BCUT2D eigenvalue weighted by atomic mass is 10.1. The van der Waals surface area contributed by atoms with Gasteiger partial charge in [0.2, 0.25) is 6.79 Å². The van der Waals surface area contributed by atoms with E-state index in [1.807, 2.05) is 44.2 Å². The molecule has 0 atom stereocenters. The second-order valence-electron chi connectivity index (χ2n) is 8.31. The summed E-state index contributed by atoms with van der Waals surface area (Å²) in [5.41, 5.74) is 1.80. The molecule has 2 heterocycles. The Morgan fingerprint density at radius 1 is 1.06 bits per heavy atom. The van der Waals surface area contributed by atoms with Gasteiger partial charge in [0.15, 0.2) is 23.0 Å². The molecule has 2 aromatic carbocycles. The Balaban J connectivity index is 1.50. The van der Waals surface area contributed by atoms with Gasteiger partial charge in [0.05, 0.1) is 6.54 Å². The van der Waals surface area contributed by atoms with Gasteiger partial charge in [0, 0.05) is 24.7 Å². The summed E-state index contributed by atoms with van der Waals surface area (Å²) in [4.78, 5) is 27.3. The van der Waals surface area contributed by atoms with Crippen LogP contribution in [0, 0.1) is 5.92 Å². The number of benzene rings is 2. The number of rotatable bonds is 9. The van der Waals surface area contributed by atoms with E-state index in [9.17, 15) is 9.59 Å². The smallest absolute Gasteiger partial charge is 0.273 e. The van der Waals surface area contributed by atoms with E-state index in [0.29, 0.717) is 48.3 Å². The van der Waals surface area contributed by atoms with E-state index < -0.39 is 0 Å². The first kappa shape index (κ1) is 22.4. The van der Waals surface area contributed by atoms with Crippen molar-refractivity contribution in [3.05, 3.63) is 77.2 Å². The second-order valence-corrected chi connectivity index (χ2v) is 8.31. The van der Waals surface area contributed by atoms with E-state index in [4.69, 9.17) is 14.0 Å². The zero-order valence-electron chi connectivity index (χ0n) is 18.7. The van der Waals surface area contributed by atoms with Crippen LogP contribution in [0.15, 0.2) is 59.1 Å². The number of nitrogens with zero attached hydrogens (tertiary/aromatic N) is 2. The van der Waals surface area contributed by atoms with Gasteiger partial charge >= 0.3 is 0 Å². The fraction of sp³-hybridized carbons (Fsp3) is 0.320. The maximum absolute atomic E-state index is 13.4. The number of carbonyl (C=O) groups is 2. The number of aromatic nitrogens is 1. The SMILES string of the molecule is CC(C)CNC(=O)c1cc(CN(CCc2ccccc2)C(=O)c2ccc3c(c2)OCO3)on1. The Bertz CT molecular complexity index is 1110. The minimum absolute atomic E-state index is 0.143. The van der Waals surface area contributed by atoms with E-state index in [-0.39, 0.29) is 30.8 Å². The zero-order chi connectivity index (χ0) is 23.2. The van der Waals surface area contributed by atoms with Gasteiger partial charge in [0.25, 0.3) is 11.8 Å². The van der Waals surface area contributed by atoms with Crippen LogP contribution in [0.3, 0.4) is 0 Å². The van der Waals surface area contributed by atoms with Crippen molar-refractivity contribution in [1.82, 2.24) is 15.4 Å². The molecule has 1 N–H and O–H groups in total. The highest BCUT2D eigenvalue weighted by Crippen LogP contribution is 2.33. The third kappa shape index (κ3) is 5.71. The molecule has 0 aliphatic carbocycles. The summed E-state index contributed by atoms with van der Waals surface area (Å²) in [7, 11) is 0. The molecule has 3 aromatic rings. The van der Waals surface area contributed by atoms with Crippen molar-refractivity contribution in [1.29, 1.82) is 0 Å². The number of nitrogens with one attached hydrogen (secondary N) is 1. The largest absolute Gasteiger partial charge is 0.454 e. The lowest BCUT2D eigenvalue weighted by molar-refractivity contribution is 0.0728. The third-order valence-corrected chi connectivity index (χ3v) is 5.23. The van der Waals surface area contributed by atoms with Crippen LogP contribution in [0.4, 0.5) is 0 Å². The van der Waals surface area contributed by atoms with E-state index in [2.05, 4.69) is 10.5 Å². The highest BCUT2D eigenvalue weighted by molar-refractivity contribution is 5.95. The van der Waals surface area contributed by atoms with Crippen molar-refractivity contribution < 1.29 is 23.6 Å². The summed E-state index contributed by atoms with van der Waals surface area (Å²) in [6.45, 7) is 5.37. The molecular formula is C25H27N3O5. The average Bonchev–Trinajstić information content (AvgIpc) is 3.49. The molecule has 8 heteroatoms. The van der Waals surface area contributed by atoms with Crippen LogP contribution in [0.25, 0.3) is 0 Å². The number of hydrogen-bond donors (Lipinski definition) is 1. The molecule has 4 rings (SSSR count). The summed E-state index contributed by atoms with van der Waals surface area (Å²) < 4.78 is 16.2. The fourth-order valence-electron chi connectivity index (χ4n) is 3.44. The van der Waals surface area contributed by atoms with Gasteiger partial charge < -0.3 is 24.2 Å². The summed E-state index contributed by atoms with van der Waals surface area (Å²) >= 11 is 0. The molecule has 0 saturated heterocycles. The molecule has 33 heavy (non-hydrogen) atoms. The van der Waals surface area contributed by atoms with Gasteiger partial charge in [-0.2, -0.15) is 0 Å². The molecule has 0 fully saturated rings. The Hall–Kier alpha value is -3.81. The number of fused-ring (bicyclic) bond motifs is 1. The van der Waals surface area contributed by atoms with Gasteiger partial charge in [-0.05, 0) is 36.1 Å². The lowest BCUT2D eigenvalue weighted by Crippen LogP contribution is -2.32. The zero-order valence-corrected chi connectivity index (χ0v) is 18.7. The minimum atomic E-state index is -0.295. The van der Waals surface area contributed by atoms with Crippen LogP contribution in [0.1, 0.15) is 46.0 Å². The van der Waals surface area contributed by atoms with Crippen LogP contribution in [-0.2, 0) is 13.0 Å². The van der Waals surface area contributed by atoms with Crippen LogP contribution in [0.2, 0.25) is 0 Å². The fourth-order valence-corrected chi connectivity index (χ4v) is 3.44. The normalized spacial score (nSPS) is 12.1. The standard InChI is InChI=1S/C25H27N3O5/c1-17(2)14-26-24(29)21-13-20(33-27-21)15-28(11-10-18-6-4-3-5-7-18)25(30)19-8-9-22-23(12-19)32-16-31-22/h3-9,12-13,17H,10-11,14-16H2,1-2H3,(H,26,29). The van der Waals surface area contributed by atoms with Crippen molar-refractivity contribution in [3.8, 4) is 11.5 Å². The number of amides is 2. The van der Waals surface area contributed by atoms with Crippen LogP contribution in [0.5, 0.6) is 11.5 Å². The molecule has 2 amide bonds. The van der Waals surface area contributed by atoms with Crippen LogP contribution >= 0.6 is 0 Å². The van der Waals surface area contributed by atoms with Crippen molar-refractivity contribution in [2.75, 3.05) is 19.9 Å². The Labute approximate surface area is 192 Å². The third-order valence-electron chi connectivity index (χ3n) is 5.23. The van der Waals surface area contributed by atoms with Gasteiger partial charge in [-0.1, -0.05) is 49.3 Å². The second kappa shape index (κ2) is 10.2. The van der Waals surface area contributed by atoms with Crippen molar-refractivity contribution in [3.63, 3.8) is 0 Å². The molecule has 0 radical (unpaired) electrons. The van der Waals surface area contributed by atoms with Gasteiger partial charge in [-0.25, -0.2) is 0 Å². The van der Waals surface area contributed by atoms with E-state index in [0.717, 1.165) is 5.56 Å². The lowest BCUT2D eigenvalue weighted by Gasteiger charge is -2.22. The molecule has 1 aromatic heterocycles. The molecular weight excluding hydrogens is 422 g/mol. The average molecular weight is 450 g/mol. The molecule has 0 unspecified atom stereocenters. The number of ether oxygens (including phenoxy) is 2. The predicted octanol–water partition coefficient (Wildman–Crippen LogP) is 3.67. The van der Waals surface area contributed by atoms with Gasteiger partial charge in [-0.3, -0.25) is 9.59 Å². The van der Waals surface area contributed by atoms with Crippen molar-refractivity contribution in [2.24, 2.45) is 5.92 Å². The predicted molar refractivity (Wildman–Crippen MR) is 121 cm³/mol. The summed E-state index contributed by atoms with van der Waals surface area (Å²) in [5, 5.41) is 6.70. The quantitative estimate of drug-likeness (QED) is 0.536. The number of hydrogen-bond acceptors (Lipinski definition) is 6. The Morgan fingerprint density at radius 3 is 2.64 bits per heavy atom. The summed E-state index contributed by atoms with van der Waals surface area (Å²) in [6, 6.07) is 16.7. The van der Waals surface area contributed by atoms with E-state index in [1.165, 1.54) is 0 Å². The van der Waals surface area contributed by atoms with E-state index >= 15 is 0 Å². The summed E-state index contributed by atoms with van der Waals surface area (Å²) in [5.74, 6) is 1.46. The van der Waals surface area contributed by atoms with Crippen LogP contribution < -0.4 is 14.8 Å². The molecule has 1 aliphatic rings. The van der Waals surface area contributed by atoms with Crippen molar-refractivity contribution >= 4 is 11.8 Å². The van der Waals surface area contributed by atoms with Crippen LogP contribution in [-0.4, -0.2) is 41.8 Å². The number of carbonyl (C=O) groups excluding carboxylic acids is 2. The first-order chi connectivity index (χ1) is 16.0. The molecule has 0 spiro atoms. The topological polar surface area (TPSA) is 93.9 Å². The highest BCUT2D eigenvalue weighted by atomic mass is 16.7. The molecule has 8 nitrogen and oxygen atoms in total. The van der Waals surface area contributed by atoms with E-state index in [1.54, 1.807) is 29.2 Å². The summed E-state index contributed by atoms with van der Waals surface area (Å²) in [6.07, 6.45) is 0.674. The maximum atomic E-state index is 13.4. The maximum Gasteiger partial charge on any atom is 0.273 e. The van der Waals surface area contributed by atoms with Gasteiger partial charge in [-0.15, -0.1) is 0 Å². The highest BCUT2D eigenvalue weighted by Gasteiger charge is 2.22. The van der Waals surface area contributed by atoms with Gasteiger partial charge in [0.1, 0.15) is 0 Å². The Morgan fingerprint density at radius 2 is 1.85 bits per heavy atom. The molecule has 1 aliphatic heterocycles. The van der Waals surface area contributed by atoms with Crippen molar-refractivity contribution in [2.45, 2.75) is 26.8 Å². The Kier molecular flexibility index (Phi) is 6.92. The molecule has 0 bridgehead atoms.